The molecule has 0 aliphatic heterocycles. The van der Waals surface area contributed by atoms with E-state index in [9.17, 15) is 5.11 Å². The van der Waals surface area contributed by atoms with E-state index in [4.69, 9.17) is 0 Å². The van der Waals surface area contributed by atoms with Gasteiger partial charge in [-0.05, 0) is 97.7 Å². The Labute approximate surface area is 174 Å². The molecule has 0 heterocycles. The second-order valence-corrected chi connectivity index (χ2v) is 12.2. The van der Waals surface area contributed by atoms with Crippen LogP contribution in [0.5, 0.6) is 0 Å². The summed E-state index contributed by atoms with van der Waals surface area (Å²) in [5, 5.41) is 10.2. The van der Waals surface area contributed by atoms with Crippen LogP contribution in [0, 0.1) is 46.3 Å². The zero-order valence-electron chi connectivity index (χ0n) is 19.3. The summed E-state index contributed by atoms with van der Waals surface area (Å²) in [5.74, 6) is 5.46. The van der Waals surface area contributed by atoms with Crippen LogP contribution in [0.2, 0.25) is 0 Å². The van der Waals surface area contributed by atoms with Gasteiger partial charge in [0.05, 0.1) is 6.10 Å². The first-order valence-corrected chi connectivity index (χ1v) is 12.6. The molecule has 4 rings (SSSR count). The number of fused-ring (bicyclic) bond motifs is 5. The predicted molar refractivity (Wildman–Crippen MR) is 119 cm³/mol. The molecule has 3 fully saturated rings. The summed E-state index contributed by atoms with van der Waals surface area (Å²) in [6.07, 6.45) is 17.2. The van der Waals surface area contributed by atoms with Crippen molar-refractivity contribution in [3.8, 4) is 0 Å². The Balaban J connectivity index is 1.49. The first-order chi connectivity index (χ1) is 13.3. The lowest BCUT2D eigenvalue weighted by Gasteiger charge is -2.58. The van der Waals surface area contributed by atoms with Gasteiger partial charge in [-0.3, -0.25) is 0 Å². The summed E-state index contributed by atoms with van der Waals surface area (Å²) >= 11 is 0. The maximum Gasteiger partial charge on any atom is 0.0577 e. The van der Waals surface area contributed by atoms with Crippen LogP contribution >= 0.6 is 0 Å². The van der Waals surface area contributed by atoms with Crippen molar-refractivity contribution in [3.63, 3.8) is 0 Å². The molecule has 0 aromatic heterocycles. The average molecular weight is 387 g/mol. The molecule has 0 aromatic carbocycles. The van der Waals surface area contributed by atoms with Gasteiger partial charge in [0.1, 0.15) is 0 Å². The monoisotopic (exact) mass is 386 g/mol. The Morgan fingerprint density at radius 2 is 1.79 bits per heavy atom. The van der Waals surface area contributed by atoms with E-state index >= 15 is 0 Å². The number of hydrogen-bond donors (Lipinski definition) is 1. The number of aliphatic hydroxyl groups excluding tert-OH is 1. The third-order valence-electron chi connectivity index (χ3n) is 10.3. The molecule has 1 heteroatoms. The molecule has 0 spiro atoms. The summed E-state index contributed by atoms with van der Waals surface area (Å²) in [4.78, 5) is 0. The Bertz CT molecular complexity index is 591. The van der Waals surface area contributed by atoms with Gasteiger partial charge in [-0.15, -0.1) is 0 Å². The van der Waals surface area contributed by atoms with Crippen LogP contribution in [0.3, 0.4) is 0 Å². The Morgan fingerprint density at radius 1 is 1.00 bits per heavy atom. The predicted octanol–water partition coefficient (Wildman–Crippen LogP) is 7.39. The Hall–Kier alpha value is -0.300. The third kappa shape index (κ3) is 3.42. The largest absolute Gasteiger partial charge is 0.393 e. The minimum absolute atomic E-state index is 0.0766. The fourth-order valence-corrected chi connectivity index (χ4v) is 8.67. The van der Waals surface area contributed by atoms with E-state index in [0.29, 0.717) is 10.8 Å². The van der Waals surface area contributed by atoms with Crippen LogP contribution in [0.1, 0.15) is 105 Å². The maximum absolute atomic E-state index is 10.2. The van der Waals surface area contributed by atoms with E-state index in [2.05, 4.69) is 40.7 Å². The molecule has 4 aliphatic rings. The molecule has 0 bridgehead atoms. The fraction of sp³-hybridized carbons (Fsp3) is 0.926. The van der Waals surface area contributed by atoms with Crippen LogP contribution in [-0.4, -0.2) is 11.2 Å². The second kappa shape index (κ2) is 7.75. The van der Waals surface area contributed by atoms with Crippen molar-refractivity contribution in [2.75, 3.05) is 0 Å². The van der Waals surface area contributed by atoms with Gasteiger partial charge in [0, 0.05) is 0 Å². The van der Waals surface area contributed by atoms with E-state index < -0.39 is 0 Å². The lowest BCUT2D eigenvalue weighted by molar-refractivity contribution is -0.0573. The van der Waals surface area contributed by atoms with E-state index in [-0.39, 0.29) is 6.10 Å². The summed E-state index contributed by atoms with van der Waals surface area (Å²) in [6.45, 7) is 12.6. The standard InChI is InChI=1S/C27H46O/c1-18(2)7-6-8-19(3)23-11-12-24-22-10-9-20-17-21(28)13-15-26(20,4)25(22)14-16-27(23,24)5/h9,18-19,21-25,28H,6-8,10-17H2,1-5H3/t19-,21+,22+,23-,24?,25?,26+,27-/m1/s1. The molecule has 160 valence electrons. The van der Waals surface area contributed by atoms with Crippen molar-refractivity contribution in [1.29, 1.82) is 0 Å². The van der Waals surface area contributed by atoms with Gasteiger partial charge >= 0.3 is 0 Å². The maximum atomic E-state index is 10.2. The molecule has 4 aliphatic carbocycles. The van der Waals surface area contributed by atoms with Crippen molar-refractivity contribution in [2.24, 2.45) is 46.3 Å². The second-order valence-electron chi connectivity index (χ2n) is 12.2. The molecule has 0 amide bonds. The molecule has 2 unspecified atom stereocenters. The highest BCUT2D eigenvalue weighted by atomic mass is 16.3. The molecule has 8 atom stereocenters. The Morgan fingerprint density at radius 3 is 2.54 bits per heavy atom. The van der Waals surface area contributed by atoms with Gasteiger partial charge in [0.2, 0.25) is 0 Å². The number of hydrogen-bond acceptors (Lipinski definition) is 1. The third-order valence-corrected chi connectivity index (χ3v) is 10.3. The molecular formula is C27H46O. The molecule has 1 N–H and O–H groups in total. The quantitative estimate of drug-likeness (QED) is 0.488. The molecule has 1 nitrogen and oxygen atoms in total. The fourth-order valence-electron chi connectivity index (χ4n) is 8.67. The molecule has 0 saturated heterocycles. The summed E-state index contributed by atoms with van der Waals surface area (Å²) in [7, 11) is 0. The van der Waals surface area contributed by atoms with Crippen molar-refractivity contribution >= 4 is 0 Å². The summed E-state index contributed by atoms with van der Waals surface area (Å²) in [6, 6.07) is 0. The van der Waals surface area contributed by atoms with Gasteiger partial charge in [0.15, 0.2) is 0 Å². The Kier molecular flexibility index (Phi) is 5.80. The van der Waals surface area contributed by atoms with E-state index in [0.717, 1.165) is 48.3 Å². The van der Waals surface area contributed by atoms with Gasteiger partial charge in [-0.1, -0.05) is 65.5 Å². The lowest BCUT2D eigenvalue weighted by atomic mass is 9.47. The van der Waals surface area contributed by atoms with Crippen LogP contribution in [0.15, 0.2) is 11.6 Å². The average Bonchev–Trinajstić information content (AvgIpc) is 2.99. The normalized spacial score (nSPS) is 46.5. The minimum atomic E-state index is -0.0766. The van der Waals surface area contributed by atoms with Crippen LogP contribution < -0.4 is 0 Å². The topological polar surface area (TPSA) is 20.2 Å². The number of allylic oxidation sites excluding steroid dienone is 1. The molecule has 0 radical (unpaired) electrons. The minimum Gasteiger partial charge on any atom is -0.393 e. The van der Waals surface area contributed by atoms with Gasteiger partial charge in [-0.2, -0.15) is 0 Å². The highest BCUT2D eigenvalue weighted by Gasteiger charge is 2.59. The van der Waals surface area contributed by atoms with Crippen molar-refractivity contribution in [2.45, 2.75) is 111 Å². The van der Waals surface area contributed by atoms with E-state index in [1.807, 2.05) is 0 Å². The molecule has 0 aromatic rings. The first-order valence-electron chi connectivity index (χ1n) is 12.6. The van der Waals surface area contributed by atoms with E-state index in [1.165, 1.54) is 57.8 Å². The van der Waals surface area contributed by atoms with Crippen molar-refractivity contribution in [3.05, 3.63) is 11.6 Å². The van der Waals surface area contributed by atoms with Crippen LogP contribution in [0.4, 0.5) is 0 Å². The SMILES string of the molecule is CC(C)CCC[C@@H](C)[C@H]1CCC2[C@@H]3CC=C4C[C@@H](O)CC[C@]4(C)C3CC[C@@]21C. The molecular weight excluding hydrogens is 340 g/mol. The molecule has 28 heavy (non-hydrogen) atoms. The highest BCUT2D eigenvalue weighted by Crippen LogP contribution is 2.67. The van der Waals surface area contributed by atoms with Crippen molar-refractivity contribution < 1.29 is 5.11 Å². The van der Waals surface area contributed by atoms with Crippen LogP contribution in [-0.2, 0) is 0 Å². The van der Waals surface area contributed by atoms with E-state index in [1.54, 1.807) is 5.57 Å². The zero-order valence-corrected chi connectivity index (χ0v) is 19.3. The zero-order chi connectivity index (χ0) is 20.1. The molecule has 3 saturated carbocycles. The van der Waals surface area contributed by atoms with Crippen LogP contribution in [0.25, 0.3) is 0 Å². The van der Waals surface area contributed by atoms with Gasteiger partial charge in [-0.25, -0.2) is 0 Å². The van der Waals surface area contributed by atoms with Gasteiger partial charge in [0.25, 0.3) is 0 Å². The first kappa shape index (κ1) is 21.0. The summed E-state index contributed by atoms with van der Waals surface area (Å²) < 4.78 is 0. The number of aliphatic hydroxyl groups is 1. The lowest BCUT2D eigenvalue weighted by Crippen LogP contribution is -2.50. The smallest absolute Gasteiger partial charge is 0.0577 e. The highest BCUT2D eigenvalue weighted by molar-refractivity contribution is 5.25. The summed E-state index contributed by atoms with van der Waals surface area (Å²) in [5.41, 5.74) is 2.60. The van der Waals surface area contributed by atoms with Crippen molar-refractivity contribution in [1.82, 2.24) is 0 Å². The van der Waals surface area contributed by atoms with Gasteiger partial charge < -0.3 is 5.11 Å². The number of rotatable bonds is 5.